The van der Waals surface area contributed by atoms with Crippen LogP contribution in [0.4, 0.5) is 0 Å². The second-order valence-corrected chi connectivity index (χ2v) is 6.46. The van der Waals surface area contributed by atoms with Gasteiger partial charge >= 0.3 is 0 Å². The van der Waals surface area contributed by atoms with Crippen LogP contribution in [0.3, 0.4) is 0 Å². The minimum Gasteiger partial charge on any atom is -0.388 e. The van der Waals surface area contributed by atoms with Crippen molar-refractivity contribution in [1.82, 2.24) is 4.90 Å². The molecular formula is C16H23Cl2NO. The van der Waals surface area contributed by atoms with E-state index in [1.165, 1.54) is 19.3 Å². The third-order valence-corrected chi connectivity index (χ3v) is 5.26. The Labute approximate surface area is 131 Å². The summed E-state index contributed by atoms with van der Waals surface area (Å²) in [6.07, 6.45) is 3.85. The van der Waals surface area contributed by atoms with E-state index in [0.717, 1.165) is 12.1 Å². The average molecular weight is 316 g/mol. The highest BCUT2D eigenvalue weighted by Crippen LogP contribution is 2.32. The maximum atomic E-state index is 10.4. The summed E-state index contributed by atoms with van der Waals surface area (Å²) < 4.78 is 0. The topological polar surface area (TPSA) is 23.5 Å². The molecule has 0 aromatic heterocycles. The number of hydrogen-bond donors (Lipinski definition) is 1. The van der Waals surface area contributed by atoms with E-state index in [0.29, 0.717) is 28.5 Å². The normalized spacial score (nSPS) is 25.1. The third-order valence-electron chi connectivity index (χ3n) is 4.43. The summed E-state index contributed by atoms with van der Waals surface area (Å²) >= 11 is 12.2. The quantitative estimate of drug-likeness (QED) is 0.852. The van der Waals surface area contributed by atoms with Crippen molar-refractivity contribution in [3.63, 3.8) is 0 Å². The first-order valence-corrected chi connectivity index (χ1v) is 8.17. The molecule has 1 aromatic rings. The van der Waals surface area contributed by atoms with Gasteiger partial charge in [0, 0.05) is 24.2 Å². The molecular weight excluding hydrogens is 293 g/mol. The number of likely N-dealkylation sites (tertiary alicyclic amines) is 1. The summed E-state index contributed by atoms with van der Waals surface area (Å²) in [5.41, 5.74) is 0.735. The van der Waals surface area contributed by atoms with Crippen molar-refractivity contribution in [1.29, 1.82) is 0 Å². The Morgan fingerprint density at radius 2 is 2.10 bits per heavy atom. The summed E-state index contributed by atoms with van der Waals surface area (Å²) in [6.45, 7) is 5.41. The molecule has 20 heavy (non-hydrogen) atoms. The van der Waals surface area contributed by atoms with Gasteiger partial charge in [-0.1, -0.05) is 42.3 Å². The van der Waals surface area contributed by atoms with Gasteiger partial charge in [0.2, 0.25) is 0 Å². The Morgan fingerprint density at radius 3 is 2.80 bits per heavy atom. The molecule has 0 radical (unpaired) electrons. The van der Waals surface area contributed by atoms with Crippen molar-refractivity contribution >= 4 is 23.2 Å². The Morgan fingerprint density at radius 1 is 1.35 bits per heavy atom. The number of hydrogen-bond acceptors (Lipinski definition) is 2. The zero-order valence-corrected chi connectivity index (χ0v) is 13.7. The third kappa shape index (κ3) is 3.48. The molecule has 0 saturated carbocycles. The van der Waals surface area contributed by atoms with E-state index >= 15 is 0 Å². The molecule has 3 unspecified atom stereocenters. The van der Waals surface area contributed by atoms with E-state index in [2.05, 4.69) is 18.7 Å². The van der Waals surface area contributed by atoms with Crippen LogP contribution in [0.2, 0.25) is 10.0 Å². The fourth-order valence-electron chi connectivity index (χ4n) is 3.17. The molecule has 4 heteroatoms. The SMILES string of the molecule is CCC1CCC(C)N1CCC(O)c1cccc(Cl)c1Cl. The first-order valence-electron chi connectivity index (χ1n) is 7.42. The average Bonchev–Trinajstić information content (AvgIpc) is 2.79. The molecule has 1 aliphatic heterocycles. The van der Waals surface area contributed by atoms with E-state index in [9.17, 15) is 5.11 Å². The number of benzene rings is 1. The van der Waals surface area contributed by atoms with Crippen LogP contribution in [-0.4, -0.2) is 28.6 Å². The van der Waals surface area contributed by atoms with E-state index < -0.39 is 6.10 Å². The fourth-order valence-corrected chi connectivity index (χ4v) is 3.61. The van der Waals surface area contributed by atoms with Gasteiger partial charge in [-0.15, -0.1) is 0 Å². The molecule has 0 amide bonds. The Bertz CT molecular complexity index is 452. The lowest BCUT2D eigenvalue weighted by Crippen LogP contribution is -2.35. The Kier molecular flexibility index (Phi) is 5.74. The molecule has 112 valence electrons. The Hall–Kier alpha value is -0.280. The van der Waals surface area contributed by atoms with E-state index in [4.69, 9.17) is 23.2 Å². The van der Waals surface area contributed by atoms with Crippen molar-refractivity contribution in [3.8, 4) is 0 Å². The molecule has 1 aromatic carbocycles. The van der Waals surface area contributed by atoms with Gasteiger partial charge in [-0.05, 0) is 38.7 Å². The van der Waals surface area contributed by atoms with Crippen LogP contribution in [0.5, 0.6) is 0 Å². The van der Waals surface area contributed by atoms with Crippen molar-refractivity contribution < 1.29 is 5.11 Å². The van der Waals surface area contributed by atoms with Crippen molar-refractivity contribution in [3.05, 3.63) is 33.8 Å². The van der Waals surface area contributed by atoms with Gasteiger partial charge in [0.15, 0.2) is 0 Å². The van der Waals surface area contributed by atoms with Crippen LogP contribution in [0.1, 0.15) is 51.2 Å². The highest BCUT2D eigenvalue weighted by molar-refractivity contribution is 6.42. The second kappa shape index (κ2) is 7.13. The first kappa shape index (κ1) is 16.1. The predicted molar refractivity (Wildman–Crippen MR) is 85.5 cm³/mol. The zero-order chi connectivity index (χ0) is 14.7. The summed E-state index contributed by atoms with van der Waals surface area (Å²) in [5, 5.41) is 11.3. The maximum Gasteiger partial charge on any atom is 0.0817 e. The van der Waals surface area contributed by atoms with E-state index in [1.54, 1.807) is 6.07 Å². The molecule has 0 spiro atoms. The number of aliphatic hydroxyl groups is 1. The number of aliphatic hydroxyl groups excluding tert-OH is 1. The molecule has 2 nitrogen and oxygen atoms in total. The van der Waals surface area contributed by atoms with Gasteiger partial charge in [-0.3, -0.25) is 4.90 Å². The summed E-state index contributed by atoms with van der Waals surface area (Å²) in [6, 6.07) is 6.70. The van der Waals surface area contributed by atoms with Gasteiger partial charge in [0.25, 0.3) is 0 Å². The van der Waals surface area contributed by atoms with Crippen molar-refractivity contribution in [2.45, 2.75) is 57.7 Å². The molecule has 1 aliphatic rings. The van der Waals surface area contributed by atoms with Gasteiger partial charge in [0.05, 0.1) is 16.1 Å². The van der Waals surface area contributed by atoms with E-state index in [1.807, 2.05) is 12.1 Å². The van der Waals surface area contributed by atoms with Crippen LogP contribution in [-0.2, 0) is 0 Å². The first-order chi connectivity index (χ1) is 9.54. The lowest BCUT2D eigenvalue weighted by atomic mass is 10.1. The highest BCUT2D eigenvalue weighted by Gasteiger charge is 2.29. The van der Waals surface area contributed by atoms with Gasteiger partial charge in [-0.25, -0.2) is 0 Å². The summed E-state index contributed by atoms with van der Waals surface area (Å²) in [5.74, 6) is 0. The maximum absolute atomic E-state index is 10.4. The number of nitrogens with zero attached hydrogens (tertiary/aromatic N) is 1. The Balaban J connectivity index is 1.98. The number of rotatable bonds is 5. The predicted octanol–water partition coefficient (Wildman–Crippen LogP) is 4.68. The summed E-state index contributed by atoms with van der Waals surface area (Å²) in [7, 11) is 0. The van der Waals surface area contributed by atoms with Gasteiger partial charge in [-0.2, -0.15) is 0 Å². The summed E-state index contributed by atoms with van der Waals surface area (Å²) in [4.78, 5) is 2.52. The standard InChI is InChI=1S/C16H23Cl2NO/c1-3-12-8-7-11(2)19(12)10-9-15(20)13-5-4-6-14(17)16(13)18/h4-6,11-12,15,20H,3,7-10H2,1-2H3. The molecule has 0 bridgehead atoms. The van der Waals surface area contributed by atoms with Crippen molar-refractivity contribution in [2.24, 2.45) is 0 Å². The van der Waals surface area contributed by atoms with Crippen LogP contribution in [0.15, 0.2) is 18.2 Å². The van der Waals surface area contributed by atoms with E-state index in [-0.39, 0.29) is 0 Å². The largest absolute Gasteiger partial charge is 0.388 e. The van der Waals surface area contributed by atoms with Crippen molar-refractivity contribution in [2.75, 3.05) is 6.54 Å². The van der Waals surface area contributed by atoms with Crippen LogP contribution >= 0.6 is 23.2 Å². The molecule has 1 saturated heterocycles. The minimum atomic E-state index is -0.550. The molecule has 0 aliphatic carbocycles. The zero-order valence-electron chi connectivity index (χ0n) is 12.1. The molecule has 1 N–H and O–H groups in total. The minimum absolute atomic E-state index is 0.475. The fraction of sp³-hybridized carbons (Fsp3) is 0.625. The van der Waals surface area contributed by atoms with Crippen LogP contribution in [0, 0.1) is 0 Å². The highest BCUT2D eigenvalue weighted by atomic mass is 35.5. The van der Waals surface area contributed by atoms with Crippen LogP contribution in [0.25, 0.3) is 0 Å². The monoisotopic (exact) mass is 315 g/mol. The molecule has 3 atom stereocenters. The molecule has 2 rings (SSSR count). The lowest BCUT2D eigenvalue weighted by molar-refractivity contribution is 0.123. The van der Waals surface area contributed by atoms with Gasteiger partial charge < -0.3 is 5.11 Å². The molecule has 1 fully saturated rings. The number of halogens is 2. The van der Waals surface area contributed by atoms with Gasteiger partial charge in [0.1, 0.15) is 0 Å². The smallest absolute Gasteiger partial charge is 0.0817 e. The second-order valence-electron chi connectivity index (χ2n) is 5.67. The lowest BCUT2D eigenvalue weighted by Gasteiger charge is -2.28. The molecule has 1 heterocycles. The van der Waals surface area contributed by atoms with Crippen LogP contribution < -0.4 is 0 Å².